The Bertz CT molecular complexity index is 309. The molecule has 158 valence electrons. The van der Waals surface area contributed by atoms with E-state index in [0.29, 0.717) is 11.8 Å². The molecule has 2 nitrogen and oxygen atoms in total. The molecule has 0 aromatic carbocycles. The van der Waals surface area contributed by atoms with Crippen molar-refractivity contribution in [3.8, 4) is 0 Å². The van der Waals surface area contributed by atoms with Gasteiger partial charge in [0.15, 0.2) is 16.6 Å². The van der Waals surface area contributed by atoms with Crippen molar-refractivity contribution in [2.24, 2.45) is 11.8 Å². The van der Waals surface area contributed by atoms with Gasteiger partial charge in [-0.1, -0.05) is 90.8 Å². The van der Waals surface area contributed by atoms with Gasteiger partial charge < -0.3 is 8.85 Å². The van der Waals surface area contributed by atoms with E-state index in [2.05, 4.69) is 69.2 Å². The molecule has 0 spiro atoms. The largest absolute Gasteiger partial charge is 0.404 e. The monoisotopic (exact) mass is 438 g/mol. The van der Waals surface area contributed by atoms with Gasteiger partial charge in [-0.2, -0.15) is 0 Å². The van der Waals surface area contributed by atoms with Crippen molar-refractivity contribution in [1.82, 2.24) is 0 Å². The van der Waals surface area contributed by atoms with Gasteiger partial charge in [0, 0.05) is 0 Å². The molecule has 26 heavy (non-hydrogen) atoms. The van der Waals surface area contributed by atoms with Gasteiger partial charge in [-0.05, 0) is 48.1 Å². The Hall–Kier alpha value is 1.05. The molecular weight excluding hydrogens is 393 g/mol. The van der Waals surface area contributed by atoms with Crippen LogP contribution in [0.2, 0.25) is 36.3 Å². The Kier molecular flexibility index (Phi) is 13.8. The van der Waals surface area contributed by atoms with Crippen LogP contribution in [0.15, 0.2) is 0 Å². The van der Waals surface area contributed by atoms with Gasteiger partial charge in [0.1, 0.15) is 10.9 Å². The van der Waals surface area contributed by atoms with Crippen LogP contribution in [0.5, 0.6) is 0 Å². The third-order valence-corrected chi connectivity index (χ3v) is 18.8. The lowest BCUT2D eigenvalue weighted by Crippen LogP contribution is -2.41. The summed E-state index contributed by atoms with van der Waals surface area (Å²) in [5, 5.41) is 0. The summed E-state index contributed by atoms with van der Waals surface area (Å²) in [4.78, 5) is 0. The van der Waals surface area contributed by atoms with E-state index >= 15 is 0 Å². The van der Waals surface area contributed by atoms with Gasteiger partial charge >= 0.3 is 0 Å². The molecule has 6 heteroatoms. The molecule has 0 aromatic rings. The maximum absolute atomic E-state index is 6.82. The molecule has 0 N–H and O–H groups in total. The van der Waals surface area contributed by atoms with Crippen molar-refractivity contribution in [2.45, 2.75) is 116 Å². The molecule has 0 aromatic heterocycles. The van der Waals surface area contributed by atoms with E-state index in [-0.39, 0.29) is 10.9 Å². The van der Waals surface area contributed by atoms with Crippen LogP contribution in [0.1, 0.15) is 69.2 Å². The Morgan fingerprint density at radius 2 is 0.769 bits per heavy atom. The second kappa shape index (κ2) is 13.3. The van der Waals surface area contributed by atoms with Crippen LogP contribution < -0.4 is 0 Å². The minimum atomic E-state index is -1.58. The van der Waals surface area contributed by atoms with E-state index in [4.69, 9.17) is 8.85 Å². The molecule has 0 radical (unpaired) electrons. The minimum absolute atomic E-state index is 0.275. The van der Waals surface area contributed by atoms with E-state index < -0.39 is 16.6 Å². The molecule has 0 saturated carbocycles. The predicted molar refractivity (Wildman–Crippen MR) is 129 cm³/mol. The topological polar surface area (TPSA) is 18.5 Å². The number of hydrogen-bond donors (Lipinski definition) is 0. The first-order valence-corrected chi connectivity index (χ1v) is 18.2. The second-order valence-electron chi connectivity index (χ2n) is 8.14. The third-order valence-electron chi connectivity index (χ3n) is 5.93. The first-order chi connectivity index (χ1) is 12.2. The molecule has 2 atom stereocenters. The fourth-order valence-corrected chi connectivity index (χ4v) is 13.6. The van der Waals surface area contributed by atoms with Crippen molar-refractivity contribution < 1.29 is 8.85 Å². The smallest absolute Gasteiger partial charge is 0.193 e. The molecule has 0 aliphatic heterocycles. The van der Waals surface area contributed by atoms with Gasteiger partial charge in [0.05, 0.1) is 0 Å². The summed E-state index contributed by atoms with van der Waals surface area (Å²) in [5.41, 5.74) is 0.551. The van der Waals surface area contributed by atoms with E-state index in [1.165, 1.54) is 36.3 Å². The van der Waals surface area contributed by atoms with Gasteiger partial charge in [0.25, 0.3) is 0 Å². The first kappa shape index (κ1) is 27.1. The first-order valence-electron chi connectivity index (χ1n) is 10.9. The lowest BCUT2D eigenvalue weighted by Gasteiger charge is -2.37. The highest BCUT2D eigenvalue weighted by molar-refractivity contribution is 8.77. The number of rotatable bonds is 15. The van der Waals surface area contributed by atoms with E-state index in [1.54, 1.807) is 0 Å². The molecule has 0 amide bonds. The Balaban J connectivity index is 5.11. The lowest BCUT2D eigenvalue weighted by molar-refractivity contribution is 0.218. The SMILES string of the molecule is CC[Si](CC)(CC)OC(SSC(O[Si](CC)(CC)CC)C(C)C)C(C)C. The second-order valence-corrected chi connectivity index (χ2v) is 20.1. The zero-order valence-electron chi connectivity index (χ0n) is 19.2. The third kappa shape index (κ3) is 8.20. The fourth-order valence-electron chi connectivity index (χ4n) is 3.14. The van der Waals surface area contributed by atoms with Crippen molar-refractivity contribution >= 4 is 38.2 Å². The molecule has 0 fully saturated rings. The van der Waals surface area contributed by atoms with Crippen molar-refractivity contribution in [3.63, 3.8) is 0 Å². The normalized spacial score (nSPS) is 15.7. The summed E-state index contributed by atoms with van der Waals surface area (Å²) in [5.74, 6) is 1.06. The van der Waals surface area contributed by atoms with E-state index in [1.807, 2.05) is 21.6 Å². The van der Waals surface area contributed by atoms with E-state index in [9.17, 15) is 0 Å². The van der Waals surface area contributed by atoms with Crippen LogP contribution in [-0.2, 0) is 8.85 Å². The van der Waals surface area contributed by atoms with Crippen LogP contribution in [-0.4, -0.2) is 27.5 Å². The van der Waals surface area contributed by atoms with Crippen molar-refractivity contribution in [2.75, 3.05) is 0 Å². The maximum atomic E-state index is 6.82. The Morgan fingerprint density at radius 1 is 0.538 bits per heavy atom. The molecule has 0 bridgehead atoms. The Labute approximate surface area is 175 Å². The van der Waals surface area contributed by atoms with Gasteiger partial charge in [-0.15, -0.1) is 0 Å². The minimum Gasteiger partial charge on any atom is -0.404 e. The molecule has 0 rings (SSSR count). The summed E-state index contributed by atoms with van der Waals surface area (Å²) in [6.07, 6.45) is 0. The van der Waals surface area contributed by atoms with Gasteiger partial charge in [0.2, 0.25) is 0 Å². The Morgan fingerprint density at radius 3 is 0.923 bits per heavy atom. The molecular formula is C20H46O2S2Si2. The van der Waals surface area contributed by atoms with Gasteiger partial charge in [-0.25, -0.2) is 0 Å². The van der Waals surface area contributed by atoms with Crippen LogP contribution in [0.3, 0.4) is 0 Å². The summed E-state index contributed by atoms with van der Waals surface area (Å²) < 4.78 is 13.6. The van der Waals surface area contributed by atoms with Crippen LogP contribution in [0.4, 0.5) is 0 Å². The summed E-state index contributed by atoms with van der Waals surface area (Å²) in [7, 11) is 0.723. The average Bonchev–Trinajstić information content (AvgIpc) is 2.65. The van der Waals surface area contributed by atoms with Crippen molar-refractivity contribution in [1.29, 1.82) is 0 Å². The fraction of sp³-hybridized carbons (Fsp3) is 1.00. The zero-order chi connectivity index (χ0) is 20.4. The highest BCUT2D eigenvalue weighted by Crippen LogP contribution is 2.42. The maximum Gasteiger partial charge on any atom is 0.193 e. The highest BCUT2D eigenvalue weighted by atomic mass is 33.1. The standard InChI is InChI=1S/C20H46O2S2Si2/c1-11-25(12-2,13-3)21-19(17(7)8)23-24-20(18(9)10)22-26(14-4,15-5)16-6/h17-20H,11-16H2,1-10H3. The quantitative estimate of drug-likeness (QED) is 0.145. The molecule has 0 aliphatic rings. The molecule has 2 unspecified atom stereocenters. The highest BCUT2D eigenvalue weighted by Gasteiger charge is 2.36. The van der Waals surface area contributed by atoms with Gasteiger partial charge in [-0.3, -0.25) is 0 Å². The lowest BCUT2D eigenvalue weighted by atomic mass is 10.2. The summed E-state index contributed by atoms with van der Waals surface area (Å²) in [6.45, 7) is 23.1. The summed E-state index contributed by atoms with van der Waals surface area (Å²) in [6, 6.07) is 7.31. The van der Waals surface area contributed by atoms with Crippen LogP contribution in [0, 0.1) is 11.8 Å². The predicted octanol–water partition coefficient (Wildman–Crippen LogP) is 8.38. The average molecular weight is 439 g/mol. The van der Waals surface area contributed by atoms with Crippen molar-refractivity contribution in [3.05, 3.63) is 0 Å². The zero-order valence-corrected chi connectivity index (χ0v) is 22.8. The molecule has 0 saturated heterocycles. The molecule has 0 heterocycles. The summed E-state index contributed by atoms with van der Waals surface area (Å²) >= 11 is 0. The van der Waals surface area contributed by atoms with E-state index in [0.717, 1.165) is 0 Å². The van der Waals surface area contributed by atoms with Crippen LogP contribution >= 0.6 is 21.6 Å². The molecule has 0 aliphatic carbocycles. The van der Waals surface area contributed by atoms with Crippen LogP contribution in [0.25, 0.3) is 0 Å². The number of hydrogen-bond acceptors (Lipinski definition) is 4.